The van der Waals surface area contributed by atoms with Crippen molar-refractivity contribution < 1.29 is 14.7 Å². The summed E-state index contributed by atoms with van der Waals surface area (Å²) in [5.41, 5.74) is 0. The van der Waals surface area contributed by atoms with Crippen LogP contribution in [-0.2, 0) is 11.8 Å². The highest BCUT2D eigenvalue weighted by atomic mass is 16.4. The first-order valence-corrected chi connectivity index (χ1v) is 6.50. The fraction of sp³-hybridized carbons (Fsp3) is 0.667. The van der Waals surface area contributed by atoms with E-state index in [1.54, 1.807) is 25.5 Å². The predicted octanol–water partition coefficient (Wildman–Crippen LogP) is 0.675. The Balaban J connectivity index is 2.62. The van der Waals surface area contributed by atoms with Crippen molar-refractivity contribution in [3.8, 4) is 0 Å². The number of nitrogens with zero attached hydrogens (tertiary/aromatic N) is 3. The van der Waals surface area contributed by atoms with Crippen LogP contribution in [0.2, 0.25) is 0 Å². The molecule has 0 bridgehead atoms. The van der Waals surface area contributed by atoms with E-state index in [0.717, 1.165) is 0 Å². The summed E-state index contributed by atoms with van der Waals surface area (Å²) in [4.78, 5) is 23.0. The number of aryl methyl sites for hydroxylation is 1. The second kappa shape index (κ2) is 6.88. The maximum absolute atomic E-state index is 11.9. The Morgan fingerprint density at radius 1 is 1.40 bits per heavy atom. The molecule has 2 unspecified atom stereocenters. The summed E-state index contributed by atoms with van der Waals surface area (Å²) in [7, 11) is 1.77. The van der Waals surface area contributed by atoms with E-state index in [0.29, 0.717) is 12.2 Å². The molecule has 0 aromatic carbocycles. The molecule has 1 aromatic heterocycles. The van der Waals surface area contributed by atoms with E-state index < -0.39 is 18.0 Å². The number of urea groups is 1. The summed E-state index contributed by atoms with van der Waals surface area (Å²) < 4.78 is 1.69. The van der Waals surface area contributed by atoms with Gasteiger partial charge in [-0.2, -0.15) is 0 Å². The van der Waals surface area contributed by atoms with Gasteiger partial charge < -0.3 is 20.3 Å². The third-order valence-corrected chi connectivity index (χ3v) is 3.25. The highest BCUT2D eigenvalue weighted by Gasteiger charge is 2.26. The second-order valence-electron chi connectivity index (χ2n) is 4.84. The quantitative estimate of drug-likeness (QED) is 0.711. The Labute approximate surface area is 117 Å². The molecule has 8 heteroatoms. The van der Waals surface area contributed by atoms with Gasteiger partial charge in [-0.25, -0.2) is 9.59 Å². The number of amides is 2. The highest BCUT2D eigenvalue weighted by molar-refractivity contribution is 5.82. The predicted molar refractivity (Wildman–Crippen MR) is 72.0 cm³/mol. The number of carboxylic acids is 1. The molecular weight excluding hydrogens is 262 g/mol. The van der Waals surface area contributed by atoms with Gasteiger partial charge in [0.15, 0.2) is 5.82 Å². The molecule has 1 aromatic rings. The molecule has 0 radical (unpaired) electrons. The summed E-state index contributed by atoms with van der Waals surface area (Å²) >= 11 is 0. The Morgan fingerprint density at radius 2 is 2.05 bits per heavy atom. The number of hydrogen-bond donors (Lipinski definition) is 3. The minimum absolute atomic E-state index is 0.150. The van der Waals surface area contributed by atoms with Gasteiger partial charge in [0.05, 0.1) is 6.04 Å². The lowest BCUT2D eigenvalue weighted by atomic mass is 9.99. The molecule has 1 rings (SSSR count). The van der Waals surface area contributed by atoms with Gasteiger partial charge in [0, 0.05) is 7.05 Å². The van der Waals surface area contributed by atoms with Crippen molar-refractivity contribution in [2.75, 3.05) is 0 Å². The number of nitrogens with one attached hydrogen (secondary N) is 2. The maximum Gasteiger partial charge on any atom is 0.326 e. The third kappa shape index (κ3) is 3.94. The van der Waals surface area contributed by atoms with E-state index in [-0.39, 0.29) is 12.0 Å². The molecule has 0 aliphatic carbocycles. The summed E-state index contributed by atoms with van der Waals surface area (Å²) in [6, 6.07) is -1.81. The van der Waals surface area contributed by atoms with Gasteiger partial charge in [-0.05, 0) is 12.8 Å². The molecule has 0 fully saturated rings. The van der Waals surface area contributed by atoms with Crippen LogP contribution in [-0.4, -0.2) is 37.9 Å². The first-order valence-electron chi connectivity index (χ1n) is 6.50. The van der Waals surface area contributed by atoms with E-state index in [2.05, 4.69) is 20.8 Å². The topological polar surface area (TPSA) is 109 Å². The zero-order valence-electron chi connectivity index (χ0n) is 12.1. The molecule has 0 spiro atoms. The van der Waals surface area contributed by atoms with Gasteiger partial charge in [0.2, 0.25) is 0 Å². The molecule has 8 nitrogen and oxygen atoms in total. The van der Waals surface area contributed by atoms with Gasteiger partial charge in [-0.3, -0.25) is 0 Å². The molecule has 2 amide bonds. The van der Waals surface area contributed by atoms with Crippen LogP contribution in [0.4, 0.5) is 4.79 Å². The van der Waals surface area contributed by atoms with Gasteiger partial charge in [-0.1, -0.05) is 20.3 Å². The number of carbonyl (C=O) groups is 2. The molecule has 3 atom stereocenters. The number of aromatic nitrogens is 3. The highest BCUT2D eigenvalue weighted by Crippen LogP contribution is 2.09. The van der Waals surface area contributed by atoms with Crippen molar-refractivity contribution in [1.82, 2.24) is 25.4 Å². The summed E-state index contributed by atoms with van der Waals surface area (Å²) in [6.45, 7) is 5.41. The number of rotatable bonds is 6. The Bertz CT molecular complexity index is 473. The average Bonchev–Trinajstić information content (AvgIpc) is 2.81. The first kappa shape index (κ1) is 15.9. The summed E-state index contributed by atoms with van der Waals surface area (Å²) in [6.07, 6.45) is 2.20. The second-order valence-corrected chi connectivity index (χ2v) is 4.84. The average molecular weight is 283 g/mol. The van der Waals surface area contributed by atoms with E-state index in [1.807, 2.05) is 6.92 Å². The molecule has 0 saturated heterocycles. The fourth-order valence-electron chi connectivity index (χ4n) is 1.81. The lowest BCUT2D eigenvalue weighted by molar-refractivity contribution is -0.140. The summed E-state index contributed by atoms with van der Waals surface area (Å²) in [5, 5.41) is 21.9. The van der Waals surface area contributed by atoms with Gasteiger partial charge in [-0.15, -0.1) is 10.2 Å². The van der Waals surface area contributed by atoms with Crippen molar-refractivity contribution in [2.45, 2.75) is 39.3 Å². The molecule has 0 aliphatic rings. The molecule has 0 saturated carbocycles. The Hall–Kier alpha value is -2.12. The minimum Gasteiger partial charge on any atom is -0.480 e. The van der Waals surface area contributed by atoms with Crippen molar-refractivity contribution >= 4 is 12.0 Å². The standard InChI is InChI=1S/C12H21N5O3/c1-5-7(2)9(11(18)19)15-12(20)14-8(3)10-16-13-6-17(10)4/h6-9H,5H2,1-4H3,(H,18,19)(H2,14,15,20)/t7?,8?,9-/m0/s1. The first-order chi connectivity index (χ1) is 9.36. The van der Waals surface area contributed by atoms with E-state index in [4.69, 9.17) is 5.11 Å². The number of carboxylic acid groups (broad SMARTS) is 1. The van der Waals surface area contributed by atoms with Crippen LogP contribution in [0.1, 0.15) is 39.1 Å². The number of aliphatic carboxylic acids is 1. The van der Waals surface area contributed by atoms with Crippen LogP contribution in [0.5, 0.6) is 0 Å². The SMILES string of the molecule is CCC(C)[C@H](NC(=O)NC(C)c1nncn1C)C(=O)O. The Kier molecular flexibility index (Phi) is 5.48. The largest absolute Gasteiger partial charge is 0.480 e. The van der Waals surface area contributed by atoms with Crippen LogP contribution in [0, 0.1) is 5.92 Å². The Morgan fingerprint density at radius 3 is 2.50 bits per heavy atom. The fourth-order valence-corrected chi connectivity index (χ4v) is 1.81. The van der Waals surface area contributed by atoms with Gasteiger partial charge in [0.25, 0.3) is 0 Å². The lowest BCUT2D eigenvalue weighted by Crippen LogP contribution is -2.49. The van der Waals surface area contributed by atoms with E-state index in [9.17, 15) is 9.59 Å². The molecule has 112 valence electrons. The molecule has 1 heterocycles. The van der Waals surface area contributed by atoms with Crippen LogP contribution in [0.25, 0.3) is 0 Å². The lowest BCUT2D eigenvalue weighted by Gasteiger charge is -2.21. The van der Waals surface area contributed by atoms with Crippen molar-refractivity contribution in [3.05, 3.63) is 12.2 Å². The van der Waals surface area contributed by atoms with Crippen LogP contribution >= 0.6 is 0 Å². The van der Waals surface area contributed by atoms with Crippen LogP contribution < -0.4 is 10.6 Å². The molecule has 20 heavy (non-hydrogen) atoms. The molecular formula is C12H21N5O3. The molecule has 3 N–H and O–H groups in total. The zero-order chi connectivity index (χ0) is 15.3. The van der Waals surface area contributed by atoms with Gasteiger partial charge in [0.1, 0.15) is 12.4 Å². The summed E-state index contributed by atoms with van der Waals surface area (Å²) in [5.74, 6) is -0.597. The van der Waals surface area contributed by atoms with Crippen LogP contribution in [0.15, 0.2) is 6.33 Å². The van der Waals surface area contributed by atoms with Crippen molar-refractivity contribution in [1.29, 1.82) is 0 Å². The number of carbonyl (C=O) groups excluding carboxylic acids is 1. The number of hydrogen-bond acceptors (Lipinski definition) is 4. The minimum atomic E-state index is -1.04. The zero-order valence-corrected chi connectivity index (χ0v) is 12.1. The van der Waals surface area contributed by atoms with Crippen molar-refractivity contribution in [3.63, 3.8) is 0 Å². The molecule has 0 aliphatic heterocycles. The maximum atomic E-state index is 11.9. The smallest absolute Gasteiger partial charge is 0.326 e. The normalized spacial score (nSPS) is 15.2. The monoisotopic (exact) mass is 283 g/mol. The van der Waals surface area contributed by atoms with E-state index >= 15 is 0 Å². The van der Waals surface area contributed by atoms with Crippen LogP contribution in [0.3, 0.4) is 0 Å². The van der Waals surface area contributed by atoms with E-state index in [1.165, 1.54) is 6.33 Å². The third-order valence-electron chi connectivity index (χ3n) is 3.25. The van der Waals surface area contributed by atoms with Gasteiger partial charge >= 0.3 is 12.0 Å². The van der Waals surface area contributed by atoms with Crippen molar-refractivity contribution in [2.24, 2.45) is 13.0 Å².